The zero-order valence-electron chi connectivity index (χ0n) is 10.4. The number of rotatable bonds is 3. The largest absolute Gasteiger partial charge is 0.507 e. The Balaban J connectivity index is 1.93. The maximum atomic E-state index is 9.97. The molecule has 0 aliphatic heterocycles. The van der Waals surface area contributed by atoms with Crippen molar-refractivity contribution in [3.8, 4) is 11.5 Å². The van der Waals surface area contributed by atoms with Gasteiger partial charge in [-0.2, -0.15) is 0 Å². The van der Waals surface area contributed by atoms with Gasteiger partial charge in [-0.3, -0.25) is 0 Å². The molecule has 0 heterocycles. The van der Waals surface area contributed by atoms with Crippen LogP contribution in [0.15, 0.2) is 66.7 Å². The molecule has 2 nitrogen and oxygen atoms in total. The van der Waals surface area contributed by atoms with Crippen molar-refractivity contribution in [3.05, 3.63) is 72.3 Å². The summed E-state index contributed by atoms with van der Waals surface area (Å²) in [7, 11) is 0. The van der Waals surface area contributed by atoms with Gasteiger partial charge in [0.25, 0.3) is 0 Å². The number of ether oxygens (including phenoxy) is 1. The van der Waals surface area contributed by atoms with Crippen LogP contribution in [-0.2, 0) is 6.61 Å². The zero-order valence-corrected chi connectivity index (χ0v) is 10.4. The number of fused-ring (bicyclic) bond motifs is 1. The molecule has 0 radical (unpaired) electrons. The van der Waals surface area contributed by atoms with Crippen LogP contribution in [0.5, 0.6) is 11.5 Å². The van der Waals surface area contributed by atoms with E-state index < -0.39 is 0 Å². The third-order valence-corrected chi connectivity index (χ3v) is 3.08. The van der Waals surface area contributed by atoms with Gasteiger partial charge in [0.2, 0.25) is 0 Å². The lowest BCUT2D eigenvalue weighted by Gasteiger charge is -2.10. The lowest BCUT2D eigenvalue weighted by molar-refractivity contribution is 0.309. The summed E-state index contributed by atoms with van der Waals surface area (Å²) in [6.45, 7) is 0.494. The van der Waals surface area contributed by atoms with Gasteiger partial charge in [-0.25, -0.2) is 0 Å². The average Bonchev–Trinajstić information content (AvgIpc) is 2.46. The van der Waals surface area contributed by atoms with E-state index in [0.717, 1.165) is 16.3 Å². The molecular weight excluding hydrogens is 236 g/mol. The van der Waals surface area contributed by atoms with Gasteiger partial charge in [0.15, 0.2) is 0 Å². The Morgan fingerprint density at radius 3 is 2.32 bits per heavy atom. The highest BCUT2D eigenvalue weighted by Crippen LogP contribution is 2.33. The van der Waals surface area contributed by atoms with Gasteiger partial charge in [0, 0.05) is 0 Å². The maximum absolute atomic E-state index is 9.97. The molecule has 0 atom stereocenters. The van der Waals surface area contributed by atoms with E-state index in [9.17, 15) is 5.11 Å². The molecule has 0 unspecified atom stereocenters. The smallest absolute Gasteiger partial charge is 0.131 e. The van der Waals surface area contributed by atoms with Crippen molar-refractivity contribution in [2.45, 2.75) is 6.61 Å². The monoisotopic (exact) mass is 250 g/mol. The van der Waals surface area contributed by atoms with Crippen LogP contribution in [-0.4, -0.2) is 5.11 Å². The van der Waals surface area contributed by atoms with Crippen LogP contribution in [0.2, 0.25) is 0 Å². The molecule has 0 spiro atoms. The fraction of sp³-hybridized carbons (Fsp3) is 0.0588. The quantitative estimate of drug-likeness (QED) is 0.757. The van der Waals surface area contributed by atoms with Crippen LogP contribution in [0.3, 0.4) is 0 Å². The lowest BCUT2D eigenvalue weighted by Crippen LogP contribution is -1.95. The fourth-order valence-corrected chi connectivity index (χ4v) is 2.14. The molecule has 0 amide bonds. The molecule has 94 valence electrons. The third-order valence-electron chi connectivity index (χ3n) is 3.08. The highest BCUT2D eigenvalue weighted by atomic mass is 16.5. The molecule has 19 heavy (non-hydrogen) atoms. The lowest BCUT2D eigenvalue weighted by atomic mass is 10.1. The van der Waals surface area contributed by atoms with E-state index in [-0.39, 0.29) is 5.75 Å². The van der Waals surface area contributed by atoms with Gasteiger partial charge in [-0.1, -0.05) is 54.6 Å². The van der Waals surface area contributed by atoms with Gasteiger partial charge < -0.3 is 9.84 Å². The van der Waals surface area contributed by atoms with E-state index in [2.05, 4.69) is 0 Å². The number of phenolic OH excluding ortho intramolecular Hbond substituents is 1. The van der Waals surface area contributed by atoms with E-state index in [4.69, 9.17) is 4.74 Å². The first-order chi connectivity index (χ1) is 9.34. The number of benzene rings is 3. The van der Waals surface area contributed by atoms with E-state index in [1.165, 1.54) is 0 Å². The van der Waals surface area contributed by atoms with Gasteiger partial charge in [-0.15, -0.1) is 0 Å². The Morgan fingerprint density at radius 2 is 1.53 bits per heavy atom. The molecule has 0 saturated heterocycles. The summed E-state index contributed by atoms with van der Waals surface area (Å²) >= 11 is 0. The first-order valence-electron chi connectivity index (χ1n) is 6.22. The van der Waals surface area contributed by atoms with Crippen LogP contribution >= 0.6 is 0 Å². The molecule has 0 aliphatic carbocycles. The van der Waals surface area contributed by atoms with Crippen molar-refractivity contribution < 1.29 is 9.84 Å². The second-order valence-corrected chi connectivity index (χ2v) is 4.41. The molecule has 0 fully saturated rings. The van der Waals surface area contributed by atoms with E-state index in [1.54, 1.807) is 6.07 Å². The van der Waals surface area contributed by atoms with Gasteiger partial charge in [0.1, 0.15) is 18.1 Å². The molecule has 3 aromatic carbocycles. The number of hydrogen-bond donors (Lipinski definition) is 1. The summed E-state index contributed by atoms with van der Waals surface area (Å²) in [5.74, 6) is 0.959. The van der Waals surface area contributed by atoms with Crippen molar-refractivity contribution >= 4 is 10.8 Å². The predicted molar refractivity (Wildman–Crippen MR) is 76.4 cm³/mol. The maximum Gasteiger partial charge on any atom is 0.131 e. The second-order valence-electron chi connectivity index (χ2n) is 4.41. The zero-order chi connectivity index (χ0) is 13.1. The number of hydrogen-bond acceptors (Lipinski definition) is 2. The molecular formula is C17H14O2. The molecule has 0 bridgehead atoms. The van der Waals surface area contributed by atoms with Crippen LogP contribution in [0, 0.1) is 0 Å². The summed E-state index contributed by atoms with van der Waals surface area (Å²) in [6, 6.07) is 21.2. The third kappa shape index (κ3) is 2.38. The minimum Gasteiger partial charge on any atom is -0.507 e. The normalized spacial score (nSPS) is 10.5. The molecule has 1 N–H and O–H groups in total. The van der Waals surface area contributed by atoms with Crippen LogP contribution in [0.1, 0.15) is 5.56 Å². The fourth-order valence-electron chi connectivity index (χ4n) is 2.14. The van der Waals surface area contributed by atoms with E-state index >= 15 is 0 Å². The minimum atomic E-state index is 0.251. The highest BCUT2D eigenvalue weighted by molar-refractivity contribution is 5.93. The molecule has 0 saturated carbocycles. The standard InChI is InChI=1S/C17H14O2/c18-15-10-4-8-14-9-5-11-16(17(14)15)19-12-13-6-2-1-3-7-13/h1-11,18H,12H2. The highest BCUT2D eigenvalue weighted by Gasteiger charge is 2.06. The predicted octanol–water partition coefficient (Wildman–Crippen LogP) is 4.12. The molecule has 3 aromatic rings. The SMILES string of the molecule is Oc1cccc2cccc(OCc3ccccc3)c12. The van der Waals surface area contributed by atoms with E-state index in [0.29, 0.717) is 12.4 Å². The molecule has 2 heteroatoms. The summed E-state index contributed by atoms with van der Waals surface area (Å²) in [4.78, 5) is 0. The minimum absolute atomic E-state index is 0.251. The Morgan fingerprint density at radius 1 is 0.789 bits per heavy atom. The summed E-state index contributed by atoms with van der Waals surface area (Å²) < 4.78 is 5.83. The van der Waals surface area contributed by atoms with Crippen molar-refractivity contribution in [1.82, 2.24) is 0 Å². The van der Waals surface area contributed by atoms with E-state index in [1.807, 2.05) is 60.7 Å². The van der Waals surface area contributed by atoms with Gasteiger partial charge in [0.05, 0.1) is 5.39 Å². The van der Waals surface area contributed by atoms with Crippen LogP contribution in [0.4, 0.5) is 0 Å². The Kier molecular flexibility index (Phi) is 3.07. The van der Waals surface area contributed by atoms with Crippen LogP contribution in [0.25, 0.3) is 10.8 Å². The summed E-state index contributed by atoms with van der Waals surface area (Å²) in [6.07, 6.45) is 0. The molecule has 3 rings (SSSR count). The Bertz CT molecular complexity index is 685. The first kappa shape index (κ1) is 11.6. The number of phenols is 1. The topological polar surface area (TPSA) is 29.5 Å². The molecule has 0 aromatic heterocycles. The molecule has 0 aliphatic rings. The first-order valence-corrected chi connectivity index (χ1v) is 6.22. The Labute approximate surface area is 111 Å². The summed E-state index contributed by atoms with van der Waals surface area (Å²) in [5, 5.41) is 11.7. The van der Waals surface area contributed by atoms with Crippen molar-refractivity contribution in [1.29, 1.82) is 0 Å². The Hall–Kier alpha value is -2.48. The average molecular weight is 250 g/mol. The number of aromatic hydroxyl groups is 1. The second kappa shape index (κ2) is 5.02. The summed E-state index contributed by atoms with van der Waals surface area (Å²) in [5.41, 5.74) is 1.11. The van der Waals surface area contributed by atoms with Gasteiger partial charge >= 0.3 is 0 Å². The van der Waals surface area contributed by atoms with Gasteiger partial charge in [-0.05, 0) is 23.1 Å². The van der Waals surface area contributed by atoms with Crippen molar-refractivity contribution in [3.63, 3.8) is 0 Å². The van der Waals surface area contributed by atoms with Crippen molar-refractivity contribution in [2.24, 2.45) is 0 Å². The van der Waals surface area contributed by atoms with Crippen molar-refractivity contribution in [2.75, 3.05) is 0 Å². The van der Waals surface area contributed by atoms with Crippen LogP contribution < -0.4 is 4.74 Å².